The molecule has 1 aromatic rings. The zero-order chi connectivity index (χ0) is 23.4. The quantitative estimate of drug-likeness (QED) is 0.497. The highest BCUT2D eigenvalue weighted by Gasteiger charge is 2.46. The van der Waals surface area contributed by atoms with E-state index < -0.39 is 35.7 Å². The Balaban J connectivity index is 2.26. The lowest BCUT2D eigenvalue weighted by atomic mass is 9.77. The fourth-order valence-electron chi connectivity index (χ4n) is 4.32. The molecule has 3 atom stereocenters. The predicted octanol–water partition coefficient (Wildman–Crippen LogP) is 5.66. The third-order valence-corrected chi connectivity index (χ3v) is 5.54. The topological polar surface area (TPSA) is 72.9 Å². The van der Waals surface area contributed by atoms with Crippen LogP contribution in [-0.2, 0) is 19.1 Å². The van der Waals surface area contributed by atoms with Gasteiger partial charge in [0.1, 0.15) is 11.7 Å². The van der Waals surface area contributed by atoms with E-state index in [2.05, 4.69) is 20.8 Å². The smallest absolute Gasteiger partial charge is 0.417 e. The molecule has 0 bridgehead atoms. The molecule has 1 heterocycles. The van der Waals surface area contributed by atoms with Crippen LogP contribution in [0.4, 0.5) is 4.79 Å². The van der Waals surface area contributed by atoms with Crippen molar-refractivity contribution in [3.63, 3.8) is 0 Å². The van der Waals surface area contributed by atoms with Gasteiger partial charge in [-0.15, -0.1) is 0 Å². The van der Waals surface area contributed by atoms with Gasteiger partial charge >= 0.3 is 12.1 Å². The number of imide groups is 1. The van der Waals surface area contributed by atoms with Crippen LogP contribution in [0.2, 0.25) is 0 Å². The van der Waals surface area contributed by atoms with Crippen LogP contribution in [0, 0.1) is 11.3 Å². The van der Waals surface area contributed by atoms with Crippen LogP contribution in [0.3, 0.4) is 0 Å². The van der Waals surface area contributed by atoms with Gasteiger partial charge in [0.25, 0.3) is 0 Å². The van der Waals surface area contributed by atoms with E-state index >= 15 is 0 Å². The highest BCUT2D eigenvalue weighted by atomic mass is 16.6. The number of amides is 2. The van der Waals surface area contributed by atoms with Gasteiger partial charge in [0, 0.05) is 5.92 Å². The van der Waals surface area contributed by atoms with Crippen LogP contribution in [-0.4, -0.2) is 34.5 Å². The first-order valence-electron chi connectivity index (χ1n) is 11.1. The van der Waals surface area contributed by atoms with E-state index in [1.54, 1.807) is 20.8 Å². The van der Waals surface area contributed by atoms with Gasteiger partial charge in [-0.1, -0.05) is 57.5 Å². The second-order valence-electron chi connectivity index (χ2n) is 10.3. The Morgan fingerprint density at radius 2 is 1.74 bits per heavy atom. The summed E-state index contributed by atoms with van der Waals surface area (Å²) in [6.07, 6.45) is 1.13. The molecule has 0 aromatic heterocycles. The largest absolute Gasteiger partial charge is 0.460 e. The standard InChI is InChI=1S/C25H37NO5/c1-8-14-25(6,7)16-19(15-20(27)31-24(3,4)5)22(28)26-17(2)21(30-23(26)29)18-12-10-9-11-13-18/h9-13,17,19,21H,8,14-16H2,1-7H3. The normalized spacial score (nSPS) is 20.4. The first-order chi connectivity index (χ1) is 14.3. The molecule has 1 aromatic carbocycles. The number of carbonyl (C=O) groups excluding carboxylic acids is 3. The van der Waals surface area contributed by atoms with Gasteiger partial charge in [-0.2, -0.15) is 0 Å². The zero-order valence-corrected chi connectivity index (χ0v) is 19.9. The molecule has 1 saturated heterocycles. The number of benzene rings is 1. The van der Waals surface area contributed by atoms with Gasteiger partial charge in [0.05, 0.1) is 12.5 Å². The van der Waals surface area contributed by atoms with Crippen molar-refractivity contribution in [1.82, 2.24) is 4.90 Å². The fraction of sp³-hybridized carbons (Fsp3) is 0.640. The highest BCUT2D eigenvalue weighted by Crippen LogP contribution is 2.37. The lowest BCUT2D eigenvalue weighted by Gasteiger charge is -2.31. The van der Waals surface area contributed by atoms with Crippen LogP contribution in [0.15, 0.2) is 30.3 Å². The minimum atomic E-state index is -0.658. The Kier molecular flexibility index (Phi) is 7.90. The summed E-state index contributed by atoms with van der Waals surface area (Å²) in [5.74, 6) is -1.45. The number of hydrogen-bond acceptors (Lipinski definition) is 5. The lowest BCUT2D eigenvalue weighted by Crippen LogP contribution is -2.43. The SMILES string of the molecule is CCCC(C)(C)CC(CC(=O)OC(C)(C)C)C(=O)N1C(=O)OC(c2ccccc2)C1C. The molecule has 1 aliphatic rings. The van der Waals surface area contributed by atoms with Gasteiger partial charge in [0.2, 0.25) is 5.91 Å². The second kappa shape index (κ2) is 9.84. The average Bonchev–Trinajstić information content (AvgIpc) is 2.93. The zero-order valence-electron chi connectivity index (χ0n) is 19.9. The summed E-state index contributed by atoms with van der Waals surface area (Å²) in [6.45, 7) is 13.5. The number of esters is 1. The number of ether oxygens (including phenoxy) is 2. The third-order valence-electron chi connectivity index (χ3n) is 5.54. The van der Waals surface area contributed by atoms with E-state index in [-0.39, 0.29) is 17.7 Å². The highest BCUT2D eigenvalue weighted by molar-refractivity contribution is 5.96. The summed E-state index contributed by atoms with van der Waals surface area (Å²) in [5, 5.41) is 0. The van der Waals surface area contributed by atoms with E-state index in [9.17, 15) is 14.4 Å². The summed E-state index contributed by atoms with van der Waals surface area (Å²) >= 11 is 0. The molecule has 31 heavy (non-hydrogen) atoms. The van der Waals surface area contributed by atoms with E-state index in [1.165, 1.54) is 4.90 Å². The molecule has 0 spiro atoms. The monoisotopic (exact) mass is 431 g/mol. The van der Waals surface area contributed by atoms with Crippen molar-refractivity contribution in [3.05, 3.63) is 35.9 Å². The third kappa shape index (κ3) is 6.81. The minimum Gasteiger partial charge on any atom is -0.460 e. The van der Waals surface area contributed by atoms with Crippen molar-refractivity contribution < 1.29 is 23.9 Å². The molecule has 2 amide bonds. The number of nitrogens with zero attached hydrogens (tertiary/aromatic N) is 1. The molecule has 0 saturated carbocycles. The van der Waals surface area contributed by atoms with Crippen molar-refractivity contribution >= 4 is 18.0 Å². The molecular formula is C25H37NO5. The predicted molar refractivity (Wildman–Crippen MR) is 119 cm³/mol. The van der Waals surface area contributed by atoms with Crippen molar-refractivity contribution in [2.24, 2.45) is 11.3 Å². The number of hydrogen-bond donors (Lipinski definition) is 0. The second-order valence-corrected chi connectivity index (χ2v) is 10.3. The molecule has 6 nitrogen and oxygen atoms in total. The first-order valence-corrected chi connectivity index (χ1v) is 11.1. The summed E-state index contributed by atoms with van der Waals surface area (Å²) < 4.78 is 11.0. The molecule has 0 radical (unpaired) electrons. The molecule has 1 aliphatic heterocycles. The van der Waals surface area contributed by atoms with E-state index in [4.69, 9.17) is 9.47 Å². The molecule has 6 heteroatoms. The van der Waals surface area contributed by atoms with Gasteiger partial charge < -0.3 is 9.47 Å². The van der Waals surface area contributed by atoms with Crippen LogP contribution < -0.4 is 0 Å². The van der Waals surface area contributed by atoms with Crippen LogP contribution in [0.1, 0.15) is 85.8 Å². The maximum absolute atomic E-state index is 13.5. The van der Waals surface area contributed by atoms with Gasteiger partial charge in [0.15, 0.2) is 0 Å². The van der Waals surface area contributed by atoms with Crippen LogP contribution >= 0.6 is 0 Å². The van der Waals surface area contributed by atoms with Crippen molar-refractivity contribution in [2.75, 3.05) is 0 Å². The van der Waals surface area contributed by atoms with E-state index in [0.29, 0.717) is 6.42 Å². The Bertz CT molecular complexity index is 781. The number of carbonyl (C=O) groups is 3. The van der Waals surface area contributed by atoms with Crippen molar-refractivity contribution in [2.45, 2.75) is 91.9 Å². The Labute approximate surface area is 186 Å². The van der Waals surface area contributed by atoms with E-state index in [0.717, 1.165) is 18.4 Å². The molecule has 172 valence electrons. The summed E-state index contributed by atoms with van der Waals surface area (Å²) in [7, 11) is 0. The number of rotatable bonds is 8. The van der Waals surface area contributed by atoms with E-state index in [1.807, 2.05) is 37.3 Å². The average molecular weight is 432 g/mol. The van der Waals surface area contributed by atoms with Crippen molar-refractivity contribution in [1.29, 1.82) is 0 Å². The van der Waals surface area contributed by atoms with Crippen LogP contribution in [0.25, 0.3) is 0 Å². The summed E-state index contributed by atoms with van der Waals surface area (Å²) in [6, 6.07) is 8.94. The maximum atomic E-state index is 13.5. The van der Waals surface area contributed by atoms with Crippen molar-refractivity contribution in [3.8, 4) is 0 Å². The maximum Gasteiger partial charge on any atom is 0.417 e. The van der Waals surface area contributed by atoms with Gasteiger partial charge in [-0.3, -0.25) is 9.59 Å². The number of cyclic esters (lactones) is 1. The Morgan fingerprint density at radius 3 is 2.29 bits per heavy atom. The van der Waals surface area contributed by atoms with Gasteiger partial charge in [-0.25, -0.2) is 9.69 Å². The first kappa shape index (κ1) is 24.9. The summed E-state index contributed by atoms with van der Waals surface area (Å²) in [5.41, 5.74) is 0.0543. The van der Waals surface area contributed by atoms with Gasteiger partial charge in [-0.05, 0) is 51.5 Å². The van der Waals surface area contributed by atoms with Crippen LogP contribution in [0.5, 0.6) is 0 Å². The summed E-state index contributed by atoms with van der Waals surface area (Å²) in [4.78, 5) is 40.0. The Hall–Kier alpha value is -2.37. The minimum absolute atomic E-state index is 0.0598. The lowest BCUT2D eigenvalue weighted by molar-refractivity contribution is -0.158. The fourth-order valence-corrected chi connectivity index (χ4v) is 4.32. The molecule has 2 rings (SSSR count). The molecule has 1 fully saturated rings. The molecular weight excluding hydrogens is 394 g/mol. The molecule has 3 unspecified atom stereocenters. The molecule has 0 aliphatic carbocycles. The Morgan fingerprint density at radius 1 is 1.13 bits per heavy atom. The molecule has 0 N–H and O–H groups in total.